The van der Waals surface area contributed by atoms with Gasteiger partial charge in [0.2, 0.25) is 0 Å². The molecule has 0 aromatic carbocycles. The first-order chi connectivity index (χ1) is 5.12. The van der Waals surface area contributed by atoms with Crippen LogP contribution in [0.5, 0.6) is 0 Å². The molecule has 0 spiro atoms. The van der Waals surface area contributed by atoms with Gasteiger partial charge < -0.3 is 10.2 Å². The third kappa shape index (κ3) is 1.06. The predicted octanol–water partition coefficient (Wildman–Crippen LogP) is 2.19. The molecule has 0 aliphatic heterocycles. The molecule has 0 saturated heterocycles. The maximum Gasteiger partial charge on any atom is 0.193 e. The average molecular weight is 172 g/mol. The molecule has 0 atom stereocenters. The van der Waals surface area contributed by atoms with E-state index in [1.807, 2.05) is 13.0 Å². The van der Waals surface area contributed by atoms with Gasteiger partial charge in [0.05, 0.1) is 0 Å². The summed E-state index contributed by atoms with van der Waals surface area (Å²) < 4.78 is 5.17. The lowest BCUT2D eigenvalue weighted by molar-refractivity contribution is 0.525. The highest BCUT2D eigenvalue weighted by Gasteiger charge is 2.42. The zero-order valence-electron chi connectivity index (χ0n) is 6.36. The summed E-state index contributed by atoms with van der Waals surface area (Å²) in [5, 5.41) is 0.439. The van der Waals surface area contributed by atoms with E-state index in [0.717, 1.165) is 24.2 Å². The lowest BCUT2D eigenvalue weighted by Gasteiger charge is -2.04. The molecule has 1 aliphatic carbocycles. The van der Waals surface area contributed by atoms with Crippen LogP contribution in [0.1, 0.15) is 24.2 Å². The van der Waals surface area contributed by atoms with E-state index in [4.69, 9.17) is 21.8 Å². The zero-order chi connectivity index (χ0) is 8.06. The third-order valence-electron chi connectivity index (χ3n) is 2.21. The number of hydrogen-bond acceptors (Lipinski definition) is 2. The summed E-state index contributed by atoms with van der Waals surface area (Å²) in [6.45, 7) is 1.90. The summed E-state index contributed by atoms with van der Waals surface area (Å²) in [5.41, 5.74) is 6.91. The topological polar surface area (TPSA) is 39.2 Å². The normalized spacial score (nSPS) is 20.3. The summed E-state index contributed by atoms with van der Waals surface area (Å²) in [6, 6.07) is 1.82. The number of hydrogen-bond donors (Lipinski definition) is 1. The van der Waals surface area contributed by atoms with Crippen LogP contribution in [-0.2, 0) is 5.54 Å². The SMILES string of the molecule is Cc1oc(Cl)cc1C1(N)CC1. The summed E-state index contributed by atoms with van der Waals surface area (Å²) in [4.78, 5) is 0. The van der Waals surface area contributed by atoms with Crippen LogP contribution >= 0.6 is 11.6 Å². The van der Waals surface area contributed by atoms with Gasteiger partial charge in [0.25, 0.3) is 0 Å². The van der Waals surface area contributed by atoms with Crippen molar-refractivity contribution in [2.75, 3.05) is 0 Å². The van der Waals surface area contributed by atoms with Crippen LogP contribution in [0.4, 0.5) is 0 Å². The maximum atomic E-state index is 5.96. The van der Waals surface area contributed by atoms with Crippen molar-refractivity contribution in [3.63, 3.8) is 0 Å². The second-order valence-electron chi connectivity index (χ2n) is 3.18. The molecule has 0 radical (unpaired) electrons. The van der Waals surface area contributed by atoms with E-state index in [9.17, 15) is 0 Å². The van der Waals surface area contributed by atoms with Crippen molar-refractivity contribution in [3.8, 4) is 0 Å². The Labute approximate surface area is 70.3 Å². The molecule has 2 N–H and O–H groups in total. The zero-order valence-corrected chi connectivity index (χ0v) is 7.11. The van der Waals surface area contributed by atoms with Crippen molar-refractivity contribution in [1.82, 2.24) is 0 Å². The Bertz CT molecular complexity index is 288. The number of nitrogens with two attached hydrogens (primary N) is 1. The molecular formula is C8H10ClNO. The molecule has 0 unspecified atom stereocenters. The van der Waals surface area contributed by atoms with Gasteiger partial charge in [-0.2, -0.15) is 0 Å². The minimum absolute atomic E-state index is 0.124. The molecule has 1 aromatic heterocycles. The lowest BCUT2D eigenvalue weighted by atomic mass is 10.1. The van der Waals surface area contributed by atoms with Crippen LogP contribution in [-0.4, -0.2) is 0 Å². The summed E-state index contributed by atoms with van der Waals surface area (Å²) in [7, 11) is 0. The molecule has 1 heterocycles. The van der Waals surface area contributed by atoms with Crippen molar-refractivity contribution in [2.45, 2.75) is 25.3 Å². The lowest BCUT2D eigenvalue weighted by Crippen LogP contribution is -2.18. The quantitative estimate of drug-likeness (QED) is 0.704. The van der Waals surface area contributed by atoms with Gasteiger partial charge in [0, 0.05) is 17.2 Å². The van der Waals surface area contributed by atoms with Crippen LogP contribution in [0, 0.1) is 6.92 Å². The number of aryl methyl sites for hydroxylation is 1. The Hall–Kier alpha value is -0.470. The standard InChI is InChI=1S/C8H10ClNO/c1-5-6(4-7(9)11-5)8(10)2-3-8/h4H,2-3,10H2,1H3. The predicted molar refractivity (Wildman–Crippen MR) is 43.6 cm³/mol. The van der Waals surface area contributed by atoms with E-state index >= 15 is 0 Å². The van der Waals surface area contributed by atoms with Crippen molar-refractivity contribution in [3.05, 3.63) is 22.6 Å². The Morgan fingerprint density at radius 2 is 2.27 bits per heavy atom. The van der Waals surface area contributed by atoms with E-state index in [2.05, 4.69) is 0 Å². The molecular weight excluding hydrogens is 162 g/mol. The van der Waals surface area contributed by atoms with Gasteiger partial charge >= 0.3 is 0 Å². The fourth-order valence-corrected chi connectivity index (χ4v) is 1.57. The number of furan rings is 1. The van der Waals surface area contributed by atoms with Gasteiger partial charge in [-0.25, -0.2) is 0 Å². The van der Waals surface area contributed by atoms with Gasteiger partial charge in [-0.05, 0) is 31.4 Å². The first-order valence-electron chi connectivity index (χ1n) is 3.67. The van der Waals surface area contributed by atoms with Crippen molar-refractivity contribution in [2.24, 2.45) is 5.73 Å². The molecule has 0 bridgehead atoms. The van der Waals surface area contributed by atoms with Crippen LogP contribution in [0.25, 0.3) is 0 Å². The summed E-state index contributed by atoms with van der Waals surface area (Å²) >= 11 is 5.68. The van der Waals surface area contributed by atoms with Crippen molar-refractivity contribution < 1.29 is 4.42 Å². The maximum absolute atomic E-state index is 5.96. The number of halogens is 1. The molecule has 2 rings (SSSR count). The Balaban J connectivity index is 2.44. The van der Waals surface area contributed by atoms with Gasteiger partial charge in [0.1, 0.15) is 5.76 Å². The van der Waals surface area contributed by atoms with E-state index < -0.39 is 0 Å². The minimum Gasteiger partial charge on any atom is -0.450 e. The molecule has 60 valence electrons. The van der Waals surface area contributed by atoms with Gasteiger partial charge in [-0.3, -0.25) is 0 Å². The highest BCUT2D eigenvalue weighted by atomic mass is 35.5. The van der Waals surface area contributed by atoms with E-state index in [-0.39, 0.29) is 5.54 Å². The first-order valence-corrected chi connectivity index (χ1v) is 4.05. The van der Waals surface area contributed by atoms with Crippen LogP contribution in [0.2, 0.25) is 5.22 Å². The summed E-state index contributed by atoms with van der Waals surface area (Å²) in [6.07, 6.45) is 2.09. The van der Waals surface area contributed by atoms with Gasteiger partial charge in [0.15, 0.2) is 5.22 Å². The molecule has 11 heavy (non-hydrogen) atoms. The molecule has 2 nitrogen and oxygen atoms in total. The highest BCUT2D eigenvalue weighted by Crippen LogP contribution is 2.45. The molecule has 1 aliphatic rings. The van der Waals surface area contributed by atoms with E-state index in [0.29, 0.717) is 5.22 Å². The largest absolute Gasteiger partial charge is 0.450 e. The molecule has 1 saturated carbocycles. The molecule has 1 fully saturated rings. The first kappa shape index (κ1) is 7.19. The van der Waals surface area contributed by atoms with Gasteiger partial charge in [-0.15, -0.1) is 0 Å². The fraction of sp³-hybridized carbons (Fsp3) is 0.500. The Morgan fingerprint density at radius 1 is 1.64 bits per heavy atom. The smallest absolute Gasteiger partial charge is 0.193 e. The Morgan fingerprint density at radius 3 is 2.64 bits per heavy atom. The van der Waals surface area contributed by atoms with Crippen molar-refractivity contribution >= 4 is 11.6 Å². The molecule has 3 heteroatoms. The average Bonchev–Trinajstić information content (AvgIpc) is 2.55. The van der Waals surface area contributed by atoms with Crippen LogP contribution in [0.15, 0.2) is 10.5 Å². The minimum atomic E-state index is -0.124. The monoisotopic (exact) mass is 171 g/mol. The number of rotatable bonds is 1. The second-order valence-corrected chi connectivity index (χ2v) is 3.55. The van der Waals surface area contributed by atoms with Crippen LogP contribution < -0.4 is 5.73 Å². The third-order valence-corrected chi connectivity index (χ3v) is 2.40. The fourth-order valence-electron chi connectivity index (χ4n) is 1.34. The molecule has 1 aromatic rings. The van der Waals surface area contributed by atoms with E-state index in [1.165, 1.54) is 0 Å². The van der Waals surface area contributed by atoms with E-state index in [1.54, 1.807) is 0 Å². The molecule has 0 amide bonds. The van der Waals surface area contributed by atoms with Crippen molar-refractivity contribution in [1.29, 1.82) is 0 Å². The van der Waals surface area contributed by atoms with Gasteiger partial charge in [-0.1, -0.05) is 0 Å². The van der Waals surface area contributed by atoms with Crippen LogP contribution in [0.3, 0.4) is 0 Å². The Kier molecular flexibility index (Phi) is 1.32. The second kappa shape index (κ2) is 2.02. The summed E-state index contributed by atoms with van der Waals surface area (Å²) in [5.74, 6) is 0.856. The highest BCUT2D eigenvalue weighted by molar-refractivity contribution is 6.28.